The minimum atomic E-state index is -0.0652. The molecule has 0 aliphatic carbocycles. The molecule has 0 aromatic carbocycles. The summed E-state index contributed by atoms with van der Waals surface area (Å²) in [5.41, 5.74) is 2.29. The predicted octanol–water partition coefficient (Wildman–Crippen LogP) is 1.07. The Labute approximate surface area is 135 Å². The largest absolute Gasteiger partial charge is 0.352 e. The van der Waals surface area contributed by atoms with E-state index in [2.05, 4.69) is 20.7 Å². The van der Waals surface area contributed by atoms with Crippen LogP contribution in [0, 0.1) is 12.8 Å². The monoisotopic (exact) mass is 331 g/mol. The minimum Gasteiger partial charge on any atom is -0.352 e. The molecule has 3 heterocycles. The van der Waals surface area contributed by atoms with E-state index in [1.54, 1.807) is 10.9 Å². The van der Waals surface area contributed by atoms with Crippen LogP contribution in [-0.4, -0.2) is 40.3 Å². The molecule has 2 N–H and O–H groups in total. The lowest BCUT2D eigenvalue weighted by atomic mass is 10.0. The Morgan fingerprint density at radius 1 is 1.48 bits per heavy atom. The number of aromatic nitrogens is 3. The van der Waals surface area contributed by atoms with Crippen molar-refractivity contribution >= 4 is 41.8 Å². The fraction of sp³-hybridized carbons (Fsp3) is 0.462. The van der Waals surface area contributed by atoms with E-state index in [0.29, 0.717) is 11.5 Å². The maximum Gasteiger partial charge on any atom is 0.252 e. The number of carbonyl (C=O) groups excluding carboxylic acids is 1. The fourth-order valence-corrected chi connectivity index (χ4v) is 2.26. The number of fused-ring (bicyclic) bond motifs is 1. The SMILES string of the molecule is Cc1nn(C)c2ncc(C(=O)NCC3CNC3)cc12.Cl.Cl. The van der Waals surface area contributed by atoms with Crippen LogP contribution in [0.25, 0.3) is 11.0 Å². The molecule has 6 nitrogen and oxygen atoms in total. The van der Waals surface area contributed by atoms with Crippen molar-refractivity contribution in [1.82, 2.24) is 25.4 Å². The molecule has 0 spiro atoms. The van der Waals surface area contributed by atoms with Gasteiger partial charge >= 0.3 is 0 Å². The number of amides is 1. The molecule has 1 saturated heterocycles. The Hall–Kier alpha value is -1.37. The molecule has 1 amide bonds. The number of halogens is 2. The van der Waals surface area contributed by atoms with Gasteiger partial charge in [0.05, 0.1) is 11.3 Å². The van der Waals surface area contributed by atoms with Crippen LogP contribution in [0.3, 0.4) is 0 Å². The predicted molar refractivity (Wildman–Crippen MR) is 86.4 cm³/mol. The number of aryl methyl sites for hydroxylation is 2. The minimum absolute atomic E-state index is 0. The molecule has 1 aliphatic heterocycles. The zero-order valence-electron chi connectivity index (χ0n) is 11.9. The van der Waals surface area contributed by atoms with Gasteiger partial charge in [-0.15, -0.1) is 24.8 Å². The Kier molecular flexibility index (Phi) is 5.95. The summed E-state index contributed by atoms with van der Waals surface area (Å²) in [5, 5.41) is 11.4. The van der Waals surface area contributed by atoms with E-state index >= 15 is 0 Å². The summed E-state index contributed by atoms with van der Waals surface area (Å²) < 4.78 is 1.73. The molecule has 116 valence electrons. The quantitative estimate of drug-likeness (QED) is 0.882. The molecular formula is C13H19Cl2N5O. The standard InChI is InChI=1S/C13H17N5O.2ClH/c1-8-11-3-10(7-15-12(11)18(2)17-8)13(19)16-6-9-4-14-5-9;;/h3,7,9,14H,4-6H2,1-2H3,(H,16,19);2*1H. The molecule has 0 bridgehead atoms. The van der Waals surface area contributed by atoms with Gasteiger partial charge in [0, 0.05) is 44.2 Å². The number of rotatable bonds is 3. The van der Waals surface area contributed by atoms with Crippen molar-refractivity contribution in [1.29, 1.82) is 0 Å². The second-order valence-corrected chi connectivity index (χ2v) is 5.04. The Bertz CT molecular complexity index is 639. The number of nitrogens with zero attached hydrogens (tertiary/aromatic N) is 3. The summed E-state index contributed by atoms with van der Waals surface area (Å²) >= 11 is 0. The molecule has 0 unspecified atom stereocenters. The van der Waals surface area contributed by atoms with Gasteiger partial charge in [-0.25, -0.2) is 4.98 Å². The highest BCUT2D eigenvalue weighted by molar-refractivity contribution is 5.97. The number of nitrogens with one attached hydrogen (secondary N) is 2. The second-order valence-electron chi connectivity index (χ2n) is 5.04. The average molecular weight is 332 g/mol. The lowest BCUT2D eigenvalue weighted by Gasteiger charge is -2.27. The van der Waals surface area contributed by atoms with E-state index in [1.807, 2.05) is 20.0 Å². The molecule has 0 radical (unpaired) electrons. The van der Waals surface area contributed by atoms with E-state index in [4.69, 9.17) is 0 Å². The summed E-state index contributed by atoms with van der Waals surface area (Å²) in [6.45, 7) is 4.61. The highest BCUT2D eigenvalue weighted by Crippen LogP contribution is 2.16. The molecule has 0 saturated carbocycles. The van der Waals surface area contributed by atoms with Gasteiger partial charge in [-0.3, -0.25) is 9.48 Å². The van der Waals surface area contributed by atoms with Gasteiger partial charge in [0.2, 0.25) is 0 Å². The topological polar surface area (TPSA) is 71.8 Å². The molecule has 3 rings (SSSR count). The van der Waals surface area contributed by atoms with Crippen LogP contribution in [-0.2, 0) is 7.05 Å². The number of hydrogen-bond donors (Lipinski definition) is 2. The van der Waals surface area contributed by atoms with E-state index < -0.39 is 0 Å². The van der Waals surface area contributed by atoms with Crippen molar-refractivity contribution in [3.05, 3.63) is 23.5 Å². The van der Waals surface area contributed by atoms with Crippen LogP contribution in [0.4, 0.5) is 0 Å². The van der Waals surface area contributed by atoms with Crippen molar-refractivity contribution in [3.63, 3.8) is 0 Å². The van der Waals surface area contributed by atoms with E-state index in [-0.39, 0.29) is 30.7 Å². The lowest BCUT2D eigenvalue weighted by molar-refractivity contribution is 0.0942. The van der Waals surface area contributed by atoms with Crippen LogP contribution >= 0.6 is 24.8 Å². The summed E-state index contributed by atoms with van der Waals surface area (Å²) in [5.74, 6) is 0.491. The van der Waals surface area contributed by atoms with E-state index in [9.17, 15) is 4.79 Å². The average Bonchev–Trinajstić information content (AvgIpc) is 2.62. The number of carbonyl (C=O) groups is 1. The van der Waals surface area contributed by atoms with Crippen molar-refractivity contribution in [2.45, 2.75) is 6.92 Å². The number of hydrogen-bond acceptors (Lipinski definition) is 4. The molecule has 2 aromatic heterocycles. The first-order chi connectivity index (χ1) is 9.15. The van der Waals surface area contributed by atoms with Crippen molar-refractivity contribution in [2.24, 2.45) is 13.0 Å². The summed E-state index contributed by atoms with van der Waals surface area (Å²) in [6.07, 6.45) is 1.61. The molecule has 1 fully saturated rings. The molecule has 2 aromatic rings. The first kappa shape index (κ1) is 17.7. The van der Waals surface area contributed by atoms with Crippen molar-refractivity contribution in [2.75, 3.05) is 19.6 Å². The van der Waals surface area contributed by atoms with Crippen LogP contribution in [0.15, 0.2) is 12.3 Å². The first-order valence-electron chi connectivity index (χ1n) is 6.43. The van der Waals surface area contributed by atoms with Crippen molar-refractivity contribution < 1.29 is 4.79 Å². The number of pyridine rings is 1. The molecule has 1 aliphatic rings. The summed E-state index contributed by atoms with van der Waals surface area (Å²) in [7, 11) is 1.85. The maximum atomic E-state index is 12.1. The zero-order chi connectivity index (χ0) is 13.4. The highest BCUT2D eigenvalue weighted by Gasteiger charge is 2.18. The molecule has 21 heavy (non-hydrogen) atoms. The van der Waals surface area contributed by atoms with Crippen molar-refractivity contribution in [3.8, 4) is 0 Å². The van der Waals surface area contributed by atoms with Crippen LogP contribution < -0.4 is 10.6 Å². The van der Waals surface area contributed by atoms with Crippen LogP contribution in [0.1, 0.15) is 16.1 Å². The third-order valence-electron chi connectivity index (χ3n) is 3.54. The normalized spacial score (nSPS) is 14.0. The van der Waals surface area contributed by atoms with Gasteiger partial charge in [-0.1, -0.05) is 0 Å². The third kappa shape index (κ3) is 3.45. The zero-order valence-corrected chi connectivity index (χ0v) is 13.6. The molecule has 8 heteroatoms. The van der Waals surface area contributed by atoms with Crippen LogP contribution in [0.5, 0.6) is 0 Å². The van der Waals surface area contributed by atoms with Gasteiger partial charge in [0.15, 0.2) is 5.65 Å². The Morgan fingerprint density at radius 3 is 2.81 bits per heavy atom. The fourth-order valence-electron chi connectivity index (χ4n) is 2.26. The third-order valence-corrected chi connectivity index (χ3v) is 3.54. The Balaban J connectivity index is 0.00000110. The summed E-state index contributed by atoms with van der Waals surface area (Å²) in [4.78, 5) is 16.4. The highest BCUT2D eigenvalue weighted by atomic mass is 35.5. The van der Waals surface area contributed by atoms with Gasteiger partial charge in [-0.2, -0.15) is 5.10 Å². The van der Waals surface area contributed by atoms with Gasteiger partial charge in [0.25, 0.3) is 5.91 Å². The first-order valence-corrected chi connectivity index (χ1v) is 6.43. The summed E-state index contributed by atoms with van der Waals surface area (Å²) in [6, 6.07) is 1.86. The van der Waals surface area contributed by atoms with E-state index in [0.717, 1.165) is 36.4 Å². The van der Waals surface area contributed by atoms with Gasteiger partial charge in [0.1, 0.15) is 0 Å². The maximum absolute atomic E-state index is 12.1. The molecule has 0 atom stereocenters. The lowest BCUT2D eigenvalue weighted by Crippen LogP contribution is -2.48. The van der Waals surface area contributed by atoms with Crippen LogP contribution in [0.2, 0.25) is 0 Å². The Morgan fingerprint density at radius 2 is 2.19 bits per heavy atom. The van der Waals surface area contributed by atoms with E-state index in [1.165, 1.54) is 0 Å². The smallest absolute Gasteiger partial charge is 0.252 e. The molecular weight excluding hydrogens is 313 g/mol. The second kappa shape index (κ2) is 7.06. The van der Waals surface area contributed by atoms with Gasteiger partial charge < -0.3 is 10.6 Å². The van der Waals surface area contributed by atoms with Gasteiger partial charge in [-0.05, 0) is 13.0 Å².